The molecule has 0 fully saturated rings. The molecule has 3 rings (SSSR count). The summed E-state index contributed by atoms with van der Waals surface area (Å²) in [5, 5.41) is 20.2. The number of hydrogen-bond acceptors (Lipinski definition) is 6. The summed E-state index contributed by atoms with van der Waals surface area (Å²) < 4.78 is 10.3. The quantitative estimate of drug-likeness (QED) is 0.610. The molecule has 0 aliphatic heterocycles. The van der Waals surface area contributed by atoms with E-state index >= 15 is 0 Å². The first kappa shape index (κ1) is 19.1. The number of amides is 2. The fourth-order valence-electron chi connectivity index (χ4n) is 3.58. The molecule has 8 heteroatoms. The number of rotatable bonds is 5. The summed E-state index contributed by atoms with van der Waals surface area (Å²) in [5.74, 6) is -3.13. The molecule has 2 aromatic rings. The molecular weight excluding hydrogens is 364 g/mol. The lowest BCUT2D eigenvalue weighted by molar-refractivity contribution is -0.123. The van der Waals surface area contributed by atoms with Gasteiger partial charge < -0.3 is 31.2 Å². The SMILES string of the molecule is COc1cc([C@@H]2c3cc(O)c(OC)cc3C=C(C(N)=O)[C@H]2C(N)=O)ccc1O. The second-order valence-electron chi connectivity index (χ2n) is 6.41. The van der Waals surface area contributed by atoms with E-state index in [1.165, 1.54) is 32.4 Å². The average molecular weight is 384 g/mol. The Morgan fingerprint density at radius 3 is 2.18 bits per heavy atom. The summed E-state index contributed by atoms with van der Waals surface area (Å²) >= 11 is 0. The molecule has 6 N–H and O–H groups in total. The maximum Gasteiger partial charge on any atom is 0.245 e. The summed E-state index contributed by atoms with van der Waals surface area (Å²) in [6.07, 6.45) is 1.48. The minimum Gasteiger partial charge on any atom is -0.504 e. The van der Waals surface area contributed by atoms with Crippen molar-refractivity contribution in [2.45, 2.75) is 5.92 Å². The van der Waals surface area contributed by atoms with Crippen molar-refractivity contribution in [2.24, 2.45) is 17.4 Å². The van der Waals surface area contributed by atoms with E-state index in [0.29, 0.717) is 16.7 Å². The monoisotopic (exact) mass is 384 g/mol. The van der Waals surface area contributed by atoms with E-state index in [-0.39, 0.29) is 28.6 Å². The molecule has 8 nitrogen and oxygen atoms in total. The van der Waals surface area contributed by atoms with E-state index in [4.69, 9.17) is 20.9 Å². The lowest BCUT2D eigenvalue weighted by Crippen LogP contribution is -2.37. The van der Waals surface area contributed by atoms with Crippen molar-refractivity contribution >= 4 is 17.9 Å². The number of nitrogens with two attached hydrogens (primary N) is 2. The summed E-state index contributed by atoms with van der Waals surface area (Å²) in [4.78, 5) is 24.4. The van der Waals surface area contributed by atoms with E-state index < -0.39 is 23.7 Å². The van der Waals surface area contributed by atoms with E-state index in [1.807, 2.05) is 0 Å². The number of phenols is 2. The maximum absolute atomic E-state index is 12.3. The Kier molecular flexibility index (Phi) is 4.87. The van der Waals surface area contributed by atoms with E-state index in [9.17, 15) is 19.8 Å². The van der Waals surface area contributed by atoms with Crippen LogP contribution in [-0.2, 0) is 9.59 Å². The molecule has 2 atom stereocenters. The summed E-state index contributed by atoms with van der Waals surface area (Å²) in [6.45, 7) is 0. The van der Waals surface area contributed by atoms with Gasteiger partial charge in [-0.3, -0.25) is 9.59 Å². The molecule has 0 aromatic heterocycles. The van der Waals surface area contributed by atoms with Crippen LogP contribution in [0.3, 0.4) is 0 Å². The van der Waals surface area contributed by atoms with Gasteiger partial charge in [0.1, 0.15) is 0 Å². The number of phenolic OH excluding ortho intramolecular Hbond substituents is 2. The molecule has 0 radical (unpaired) electrons. The zero-order valence-corrected chi connectivity index (χ0v) is 15.3. The van der Waals surface area contributed by atoms with Crippen LogP contribution >= 0.6 is 0 Å². The van der Waals surface area contributed by atoms with Crippen molar-refractivity contribution in [3.63, 3.8) is 0 Å². The minimum absolute atomic E-state index is 0.0461. The Bertz CT molecular complexity index is 998. The zero-order valence-electron chi connectivity index (χ0n) is 15.3. The molecule has 1 aliphatic rings. The van der Waals surface area contributed by atoms with Gasteiger partial charge in [-0.05, 0) is 47.0 Å². The fraction of sp³-hybridized carbons (Fsp3) is 0.200. The summed E-state index contributed by atoms with van der Waals surface area (Å²) in [7, 11) is 2.79. The van der Waals surface area contributed by atoms with Gasteiger partial charge in [0.15, 0.2) is 23.0 Å². The van der Waals surface area contributed by atoms with Crippen LogP contribution in [0.25, 0.3) is 6.08 Å². The Balaban J connectivity index is 2.32. The highest BCUT2D eigenvalue weighted by Gasteiger charge is 2.39. The first-order valence-electron chi connectivity index (χ1n) is 8.37. The molecule has 1 aliphatic carbocycles. The third-order valence-electron chi connectivity index (χ3n) is 4.85. The Morgan fingerprint density at radius 2 is 1.61 bits per heavy atom. The highest BCUT2D eigenvalue weighted by Crippen LogP contribution is 2.47. The van der Waals surface area contributed by atoms with Crippen LogP contribution in [0.1, 0.15) is 22.6 Å². The first-order valence-corrected chi connectivity index (χ1v) is 8.37. The van der Waals surface area contributed by atoms with Gasteiger partial charge in [0.05, 0.1) is 20.1 Å². The van der Waals surface area contributed by atoms with E-state index in [2.05, 4.69) is 0 Å². The Hall–Kier alpha value is -3.68. The molecule has 0 saturated carbocycles. The molecule has 0 spiro atoms. The first-order chi connectivity index (χ1) is 13.3. The van der Waals surface area contributed by atoms with Crippen molar-refractivity contribution in [1.29, 1.82) is 0 Å². The minimum atomic E-state index is -1.06. The fourth-order valence-corrected chi connectivity index (χ4v) is 3.58. The Morgan fingerprint density at radius 1 is 0.964 bits per heavy atom. The number of carbonyl (C=O) groups excluding carboxylic acids is 2. The Labute approximate surface area is 161 Å². The van der Waals surface area contributed by atoms with Gasteiger partial charge in [-0.15, -0.1) is 0 Å². The lowest BCUT2D eigenvalue weighted by atomic mass is 9.70. The average Bonchev–Trinajstić information content (AvgIpc) is 2.66. The highest BCUT2D eigenvalue weighted by atomic mass is 16.5. The zero-order chi connectivity index (χ0) is 20.6. The number of primary amides is 2. The largest absolute Gasteiger partial charge is 0.504 e. The van der Waals surface area contributed by atoms with Crippen molar-refractivity contribution in [3.8, 4) is 23.0 Å². The topological polar surface area (TPSA) is 145 Å². The van der Waals surface area contributed by atoms with Gasteiger partial charge >= 0.3 is 0 Å². The number of methoxy groups -OCH3 is 2. The van der Waals surface area contributed by atoms with Gasteiger partial charge in [0, 0.05) is 11.5 Å². The molecule has 0 heterocycles. The number of hydrogen-bond donors (Lipinski definition) is 4. The lowest BCUT2D eigenvalue weighted by Gasteiger charge is -2.32. The molecular formula is C20H20N2O6. The second kappa shape index (κ2) is 7.15. The van der Waals surface area contributed by atoms with E-state index in [1.54, 1.807) is 18.2 Å². The molecule has 2 aromatic carbocycles. The molecule has 0 unspecified atom stereocenters. The number of fused-ring (bicyclic) bond motifs is 1. The molecule has 28 heavy (non-hydrogen) atoms. The van der Waals surface area contributed by atoms with Gasteiger partial charge in [-0.2, -0.15) is 0 Å². The number of ether oxygens (including phenoxy) is 2. The van der Waals surface area contributed by atoms with Crippen LogP contribution in [0.15, 0.2) is 35.9 Å². The number of benzene rings is 2. The third-order valence-corrected chi connectivity index (χ3v) is 4.85. The predicted octanol–water partition coefficient (Wildman–Crippen LogP) is 1.23. The van der Waals surface area contributed by atoms with Crippen LogP contribution in [0.2, 0.25) is 0 Å². The van der Waals surface area contributed by atoms with Crippen molar-refractivity contribution in [2.75, 3.05) is 14.2 Å². The van der Waals surface area contributed by atoms with E-state index in [0.717, 1.165) is 0 Å². The summed E-state index contributed by atoms with van der Waals surface area (Å²) in [5.41, 5.74) is 12.8. The second-order valence-corrected chi connectivity index (χ2v) is 6.41. The van der Waals surface area contributed by atoms with Crippen LogP contribution in [0.4, 0.5) is 0 Å². The van der Waals surface area contributed by atoms with Crippen LogP contribution < -0.4 is 20.9 Å². The van der Waals surface area contributed by atoms with Crippen LogP contribution in [0.5, 0.6) is 23.0 Å². The standard InChI is InChI=1S/C20H20N2O6/c1-27-15-6-9(3-4-13(15)23)17-11-8-14(24)16(28-2)7-10(11)5-12(19(21)25)18(17)20(22)26/h3-8,17-18,23-24H,1-2H3,(H2,21,25)(H2,22,26)/t17-,18-/m1/s1. The van der Waals surface area contributed by atoms with Crippen molar-refractivity contribution in [3.05, 3.63) is 52.6 Å². The number of carbonyl (C=O) groups is 2. The molecule has 146 valence electrons. The van der Waals surface area contributed by atoms with Crippen LogP contribution in [0, 0.1) is 5.92 Å². The molecule has 0 saturated heterocycles. The highest BCUT2D eigenvalue weighted by molar-refractivity contribution is 6.04. The van der Waals surface area contributed by atoms with Crippen molar-refractivity contribution < 1.29 is 29.3 Å². The smallest absolute Gasteiger partial charge is 0.245 e. The van der Waals surface area contributed by atoms with Gasteiger partial charge in [0.2, 0.25) is 11.8 Å². The number of aromatic hydroxyl groups is 2. The van der Waals surface area contributed by atoms with Gasteiger partial charge in [-0.25, -0.2) is 0 Å². The third kappa shape index (κ3) is 3.09. The summed E-state index contributed by atoms with van der Waals surface area (Å²) in [6, 6.07) is 7.56. The van der Waals surface area contributed by atoms with Gasteiger partial charge in [0.25, 0.3) is 0 Å². The van der Waals surface area contributed by atoms with Crippen LogP contribution in [-0.4, -0.2) is 36.2 Å². The molecule has 0 bridgehead atoms. The maximum atomic E-state index is 12.3. The van der Waals surface area contributed by atoms with Gasteiger partial charge in [-0.1, -0.05) is 6.07 Å². The molecule has 2 amide bonds. The predicted molar refractivity (Wildman–Crippen MR) is 101 cm³/mol. The normalized spacial score (nSPS) is 18.0. The van der Waals surface area contributed by atoms with Crippen molar-refractivity contribution in [1.82, 2.24) is 0 Å².